The summed E-state index contributed by atoms with van der Waals surface area (Å²) in [6.45, 7) is 0. The molecule has 0 atom stereocenters. The van der Waals surface area contributed by atoms with Crippen molar-refractivity contribution >= 4 is 56.9 Å². The minimum Gasteiger partial charge on any atom is -0.497 e. The molecule has 3 aromatic rings. The van der Waals surface area contributed by atoms with Crippen LogP contribution in [0.4, 0.5) is 0 Å². The number of nitrogens with zero attached hydrogens (tertiary/aromatic N) is 1. The molecule has 3 rings (SSSR count). The molecule has 0 spiro atoms. The first-order chi connectivity index (χ1) is 10.2. The average Bonchev–Trinajstić information content (AvgIpc) is 2.88. The molecule has 0 fully saturated rings. The lowest BCUT2D eigenvalue weighted by molar-refractivity contribution is 0.415. The van der Waals surface area contributed by atoms with E-state index in [-0.39, 0.29) is 0 Å². The molecule has 0 saturated carbocycles. The summed E-state index contributed by atoms with van der Waals surface area (Å²) in [4.78, 5) is 4.55. The van der Waals surface area contributed by atoms with Crippen molar-refractivity contribution in [3.05, 3.63) is 57.0 Å². The lowest BCUT2D eigenvalue weighted by atomic mass is 10.2. The summed E-state index contributed by atoms with van der Waals surface area (Å²) in [5.74, 6) is 0.829. The van der Waals surface area contributed by atoms with Crippen LogP contribution in [0.2, 0.25) is 10.0 Å². The zero-order valence-electron chi connectivity index (χ0n) is 11.1. The Labute approximate surface area is 136 Å². The first-order valence-corrected chi connectivity index (χ1v) is 7.81. The number of benzene rings is 2. The summed E-state index contributed by atoms with van der Waals surface area (Å²) in [5, 5.41) is 2.15. The minimum atomic E-state index is 0.626. The van der Waals surface area contributed by atoms with Crippen LogP contribution in [0.25, 0.3) is 22.4 Å². The van der Waals surface area contributed by atoms with Gasteiger partial charge < -0.3 is 4.74 Å². The number of thiazole rings is 1. The van der Waals surface area contributed by atoms with Crippen LogP contribution in [0.5, 0.6) is 5.75 Å². The second-order valence-electron chi connectivity index (χ2n) is 4.35. The largest absolute Gasteiger partial charge is 0.497 e. The van der Waals surface area contributed by atoms with E-state index in [1.165, 1.54) is 0 Å². The van der Waals surface area contributed by atoms with Crippen molar-refractivity contribution in [3.63, 3.8) is 0 Å². The van der Waals surface area contributed by atoms with E-state index in [1.807, 2.05) is 48.6 Å². The summed E-state index contributed by atoms with van der Waals surface area (Å²) in [6.07, 6.45) is 3.81. The van der Waals surface area contributed by atoms with Crippen molar-refractivity contribution in [3.8, 4) is 5.75 Å². The summed E-state index contributed by atoms with van der Waals surface area (Å²) >= 11 is 13.9. The van der Waals surface area contributed by atoms with E-state index in [9.17, 15) is 0 Å². The van der Waals surface area contributed by atoms with Crippen LogP contribution in [-0.2, 0) is 0 Å². The van der Waals surface area contributed by atoms with Gasteiger partial charge in [0, 0.05) is 15.6 Å². The van der Waals surface area contributed by atoms with E-state index >= 15 is 0 Å². The molecular formula is C16H11Cl2NOS. The second kappa shape index (κ2) is 6.06. The Morgan fingerprint density at radius 3 is 2.57 bits per heavy atom. The second-order valence-corrected chi connectivity index (χ2v) is 6.23. The SMILES string of the molecule is COc1ccc2nc(/C=C/c3c(Cl)cccc3Cl)sc2c1. The molecule has 0 bridgehead atoms. The normalized spacial score (nSPS) is 11.4. The van der Waals surface area contributed by atoms with Crippen molar-refractivity contribution in [2.24, 2.45) is 0 Å². The number of ether oxygens (including phenoxy) is 1. The fourth-order valence-corrected chi connectivity index (χ4v) is 3.37. The molecule has 0 unspecified atom stereocenters. The molecule has 0 amide bonds. The first-order valence-electron chi connectivity index (χ1n) is 6.24. The number of halogens is 2. The van der Waals surface area contributed by atoms with Gasteiger partial charge in [0.25, 0.3) is 0 Å². The quantitative estimate of drug-likeness (QED) is 0.605. The van der Waals surface area contributed by atoms with Gasteiger partial charge in [-0.1, -0.05) is 29.3 Å². The lowest BCUT2D eigenvalue weighted by Crippen LogP contribution is -1.80. The van der Waals surface area contributed by atoms with Crippen LogP contribution in [0.15, 0.2) is 36.4 Å². The van der Waals surface area contributed by atoms with E-state index in [4.69, 9.17) is 27.9 Å². The molecule has 21 heavy (non-hydrogen) atoms. The van der Waals surface area contributed by atoms with Crippen LogP contribution in [0.1, 0.15) is 10.6 Å². The summed E-state index contributed by atoms with van der Waals surface area (Å²) in [7, 11) is 1.66. The number of fused-ring (bicyclic) bond motifs is 1. The van der Waals surface area contributed by atoms with Gasteiger partial charge in [-0.25, -0.2) is 4.98 Å². The smallest absolute Gasteiger partial charge is 0.120 e. The standard InChI is InChI=1S/C16H11Cl2NOS/c1-20-10-5-7-14-15(9-10)21-16(19-14)8-6-11-12(17)3-2-4-13(11)18/h2-9H,1H3/b8-6+. The van der Waals surface area contributed by atoms with Gasteiger partial charge in [-0.3, -0.25) is 0 Å². The molecule has 106 valence electrons. The summed E-state index contributed by atoms with van der Waals surface area (Å²) in [5.41, 5.74) is 1.75. The monoisotopic (exact) mass is 335 g/mol. The highest BCUT2D eigenvalue weighted by Gasteiger charge is 2.04. The average molecular weight is 336 g/mol. The van der Waals surface area contributed by atoms with Gasteiger partial charge >= 0.3 is 0 Å². The highest BCUT2D eigenvalue weighted by molar-refractivity contribution is 7.19. The van der Waals surface area contributed by atoms with Gasteiger partial charge in [-0.15, -0.1) is 11.3 Å². The van der Waals surface area contributed by atoms with Gasteiger partial charge in [-0.05, 0) is 42.5 Å². The molecular weight excluding hydrogens is 325 g/mol. The molecule has 0 radical (unpaired) electrons. The van der Waals surface area contributed by atoms with Crippen molar-refractivity contribution in [2.45, 2.75) is 0 Å². The lowest BCUT2D eigenvalue weighted by Gasteiger charge is -1.99. The third-order valence-electron chi connectivity index (χ3n) is 3.00. The Bertz CT molecular complexity index is 806. The summed E-state index contributed by atoms with van der Waals surface area (Å²) in [6, 6.07) is 11.3. The molecule has 2 aromatic carbocycles. The van der Waals surface area contributed by atoms with E-state index < -0.39 is 0 Å². The van der Waals surface area contributed by atoms with Crippen LogP contribution < -0.4 is 4.74 Å². The minimum absolute atomic E-state index is 0.626. The Morgan fingerprint density at radius 1 is 1.10 bits per heavy atom. The predicted octanol–water partition coefficient (Wildman–Crippen LogP) is 5.78. The number of hydrogen-bond acceptors (Lipinski definition) is 3. The van der Waals surface area contributed by atoms with E-state index in [0.717, 1.165) is 26.5 Å². The first kappa shape index (κ1) is 14.4. The highest BCUT2D eigenvalue weighted by atomic mass is 35.5. The van der Waals surface area contributed by atoms with Crippen molar-refractivity contribution in [2.75, 3.05) is 7.11 Å². The zero-order valence-corrected chi connectivity index (χ0v) is 13.5. The topological polar surface area (TPSA) is 22.1 Å². The third-order valence-corrected chi connectivity index (χ3v) is 4.65. The van der Waals surface area contributed by atoms with Gasteiger partial charge in [0.2, 0.25) is 0 Å². The van der Waals surface area contributed by atoms with Gasteiger partial charge in [-0.2, -0.15) is 0 Å². The number of rotatable bonds is 3. The van der Waals surface area contributed by atoms with Crippen LogP contribution in [0.3, 0.4) is 0 Å². The van der Waals surface area contributed by atoms with Gasteiger partial charge in [0.05, 0.1) is 17.3 Å². The van der Waals surface area contributed by atoms with Crippen LogP contribution in [-0.4, -0.2) is 12.1 Å². The van der Waals surface area contributed by atoms with Crippen molar-refractivity contribution in [1.82, 2.24) is 4.98 Å². The van der Waals surface area contributed by atoms with Crippen molar-refractivity contribution in [1.29, 1.82) is 0 Å². The maximum atomic E-state index is 6.14. The number of methoxy groups -OCH3 is 1. The Kier molecular flexibility index (Phi) is 4.15. The molecule has 0 aliphatic rings. The van der Waals surface area contributed by atoms with Crippen molar-refractivity contribution < 1.29 is 4.74 Å². The molecule has 2 nitrogen and oxygen atoms in total. The Morgan fingerprint density at radius 2 is 1.86 bits per heavy atom. The third kappa shape index (κ3) is 3.05. The molecule has 0 N–H and O–H groups in total. The van der Waals surface area contributed by atoms with Crippen LogP contribution in [0, 0.1) is 0 Å². The number of hydrogen-bond donors (Lipinski definition) is 0. The highest BCUT2D eigenvalue weighted by Crippen LogP contribution is 2.29. The fraction of sp³-hybridized carbons (Fsp3) is 0.0625. The van der Waals surface area contributed by atoms with E-state index in [0.29, 0.717) is 10.0 Å². The van der Waals surface area contributed by atoms with Gasteiger partial charge in [0.15, 0.2) is 0 Å². The molecule has 5 heteroatoms. The Hall–Kier alpha value is -1.55. The Balaban J connectivity index is 1.96. The van der Waals surface area contributed by atoms with Gasteiger partial charge in [0.1, 0.15) is 10.8 Å². The molecule has 0 saturated heterocycles. The van der Waals surface area contributed by atoms with E-state index in [1.54, 1.807) is 18.4 Å². The fourth-order valence-electron chi connectivity index (χ4n) is 1.95. The maximum Gasteiger partial charge on any atom is 0.120 e. The molecule has 1 heterocycles. The molecule has 0 aliphatic carbocycles. The zero-order chi connectivity index (χ0) is 14.8. The van der Waals surface area contributed by atoms with E-state index in [2.05, 4.69) is 4.98 Å². The predicted molar refractivity (Wildman–Crippen MR) is 91.6 cm³/mol. The van der Waals surface area contributed by atoms with Crippen LogP contribution >= 0.6 is 34.5 Å². The molecule has 0 aliphatic heterocycles. The molecule has 1 aromatic heterocycles. The maximum absolute atomic E-state index is 6.14. The number of aromatic nitrogens is 1. The summed E-state index contributed by atoms with van der Waals surface area (Å²) < 4.78 is 6.30.